The molecule has 0 heterocycles. The smallest absolute Gasteiger partial charge is 0.462 e. The first kappa shape index (κ1) is 90.1. The van der Waals surface area contributed by atoms with Crippen molar-refractivity contribution >= 4 is 39.5 Å². The van der Waals surface area contributed by atoms with Gasteiger partial charge in [0, 0.05) is 25.7 Å². The van der Waals surface area contributed by atoms with Crippen molar-refractivity contribution in [2.75, 3.05) is 39.6 Å². The summed E-state index contributed by atoms with van der Waals surface area (Å²) in [6, 6.07) is 0. The molecule has 0 fully saturated rings. The SMILES string of the molecule is CCCCCCCCCCCCCCCCCCCCC(=O)O[C@H](COC(=O)CCCCCCCCCCC(C)CC)COP(=O)(O)OC[C@@H](O)COP(=O)(O)OC[C@@H](COC(=O)CCCCCCCCC(C)CC)OC(=O)CCCCCCCCCCC(C)CC. The second kappa shape index (κ2) is 63.8. The molecule has 0 aromatic rings. The highest BCUT2D eigenvalue weighted by Gasteiger charge is 2.30. The maximum atomic E-state index is 13.1. The third kappa shape index (κ3) is 62.8. The monoisotopic (exact) mass is 1350 g/mol. The Morgan fingerprint density at radius 2 is 0.522 bits per heavy atom. The molecule has 0 aliphatic heterocycles. The van der Waals surface area contributed by atoms with Gasteiger partial charge in [-0.05, 0) is 43.4 Å². The first-order valence-corrected chi connectivity index (χ1v) is 41.0. The van der Waals surface area contributed by atoms with Gasteiger partial charge in [0.2, 0.25) is 0 Å². The fraction of sp³-hybridized carbons (Fsp3) is 0.945. The topological polar surface area (TPSA) is 237 Å². The van der Waals surface area contributed by atoms with Crippen LogP contribution in [0.4, 0.5) is 0 Å². The Morgan fingerprint density at radius 3 is 0.772 bits per heavy atom. The van der Waals surface area contributed by atoms with Crippen LogP contribution in [-0.4, -0.2) is 96.7 Å². The number of phosphoric acid groups is 2. The number of ether oxygens (including phenoxy) is 4. The molecule has 546 valence electrons. The van der Waals surface area contributed by atoms with Crippen molar-refractivity contribution in [2.45, 2.75) is 388 Å². The Balaban J connectivity index is 5.25. The zero-order valence-electron chi connectivity index (χ0n) is 60.0. The molecular weight excluding hydrogens is 1210 g/mol. The predicted molar refractivity (Wildman–Crippen MR) is 372 cm³/mol. The fourth-order valence-electron chi connectivity index (χ4n) is 11.0. The van der Waals surface area contributed by atoms with Gasteiger partial charge < -0.3 is 33.8 Å². The number of esters is 4. The van der Waals surface area contributed by atoms with Gasteiger partial charge in [0.15, 0.2) is 12.2 Å². The van der Waals surface area contributed by atoms with Gasteiger partial charge >= 0.3 is 39.5 Å². The van der Waals surface area contributed by atoms with Crippen molar-refractivity contribution < 1.29 is 80.2 Å². The molecule has 0 aromatic carbocycles. The molecule has 0 saturated heterocycles. The lowest BCUT2D eigenvalue weighted by molar-refractivity contribution is -0.161. The van der Waals surface area contributed by atoms with E-state index < -0.39 is 97.5 Å². The Kier molecular flexibility index (Phi) is 62.4. The molecule has 0 rings (SSSR count). The summed E-state index contributed by atoms with van der Waals surface area (Å²) in [4.78, 5) is 72.7. The Labute approximate surface area is 562 Å². The quantitative estimate of drug-likeness (QED) is 0.0222. The molecule has 0 radical (unpaired) electrons. The standard InChI is InChI=1S/C73H142O17P2/c1-8-12-13-14-15-16-17-18-19-20-21-22-23-24-25-33-42-49-56-72(77)89-68(60-83-70(75)54-47-40-32-28-26-30-37-44-51-64(5)9-2)62-87-91(79,80)85-58-67(74)59-86-92(81,82)88-63-69(61-84-71(76)55-48-41-36-35-39-46-53-66(7)11-4)90-73(78)57-50-43-34-29-27-31-38-45-52-65(6)10-3/h64-69,74H,8-63H2,1-7H3,(H,79,80)(H,81,82)/t64?,65?,66?,67-,68-,69-/m1/s1. The van der Waals surface area contributed by atoms with Gasteiger partial charge in [0.1, 0.15) is 19.3 Å². The first-order chi connectivity index (χ1) is 44.3. The lowest BCUT2D eigenvalue weighted by Gasteiger charge is -2.21. The number of aliphatic hydroxyl groups excluding tert-OH is 1. The largest absolute Gasteiger partial charge is 0.472 e. The number of carbonyl (C=O) groups excluding carboxylic acids is 4. The average molecular weight is 1350 g/mol. The lowest BCUT2D eigenvalue weighted by atomic mass is 9.99. The number of hydrogen-bond donors (Lipinski definition) is 3. The van der Waals surface area contributed by atoms with Crippen LogP contribution in [0.5, 0.6) is 0 Å². The highest BCUT2D eigenvalue weighted by atomic mass is 31.2. The van der Waals surface area contributed by atoms with Crippen molar-refractivity contribution in [1.29, 1.82) is 0 Å². The average Bonchev–Trinajstić information content (AvgIpc) is 1.92. The molecular formula is C73H142O17P2. The Hall–Kier alpha value is -1.94. The third-order valence-corrected chi connectivity index (χ3v) is 19.9. The van der Waals surface area contributed by atoms with Crippen LogP contribution in [0.25, 0.3) is 0 Å². The van der Waals surface area contributed by atoms with E-state index in [1.54, 1.807) is 0 Å². The first-order valence-electron chi connectivity index (χ1n) is 38.0. The predicted octanol–water partition coefficient (Wildman–Crippen LogP) is 21.0. The van der Waals surface area contributed by atoms with Gasteiger partial charge in [-0.3, -0.25) is 37.3 Å². The van der Waals surface area contributed by atoms with Gasteiger partial charge in [-0.1, -0.05) is 318 Å². The number of phosphoric ester groups is 2. The van der Waals surface area contributed by atoms with Crippen molar-refractivity contribution in [1.82, 2.24) is 0 Å². The number of carbonyl (C=O) groups is 4. The normalized spacial score (nSPS) is 15.0. The molecule has 3 N–H and O–H groups in total. The summed E-state index contributed by atoms with van der Waals surface area (Å²) in [5, 5.41) is 10.6. The highest BCUT2D eigenvalue weighted by Crippen LogP contribution is 2.45. The lowest BCUT2D eigenvalue weighted by Crippen LogP contribution is -2.30. The summed E-state index contributed by atoms with van der Waals surface area (Å²) in [6.07, 6.45) is 48.5. The third-order valence-electron chi connectivity index (χ3n) is 18.0. The molecule has 0 bridgehead atoms. The van der Waals surface area contributed by atoms with Crippen molar-refractivity contribution in [3.63, 3.8) is 0 Å². The maximum absolute atomic E-state index is 13.1. The Morgan fingerprint density at radius 1 is 0.304 bits per heavy atom. The summed E-state index contributed by atoms with van der Waals surface area (Å²) < 4.78 is 68.4. The highest BCUT2D eigenvalue weighted by molar-refractivity contribution is 7.47. The van der Waals surface area contributed by atoms with Gasteiger partial charge in [0.05, 0.1) is 26.4 Å². The van der Waals surface area contributed by atoms with Crippen LogP contribution >= 0.6 is 15.6 Å². The molecule has 0 saturated carbocycles. The molecule has 0 aliphatic carbocycles. The summed E-state index contributed by atoms with van der Waals surface area (Å²) in [7, 11) is -9.91. The molecule has 17 nitrogen and oxygen atoms in total. The van der Waals surface area contributed by atoms with Crippen LogP contribution in [0.1, 0.15) is 370 Å². The number of unbranched alkanes of at least 4 members (excludes halogenated alkanes) is 36. The fourth-order valence-corrected chi connectivity index (χ4v) is 12.6. The zero-order chi connectivity index (χ0) is 68.0. The van der Waals surface area contributed by atoms with Gasteiger partial charge in [0.25, 0.3) is 0 Å². The van der Waals surface area contributed by atoms with E-state index in [2.05, 4.69) is 48.5 Å². The summed E-state index contributed by atoms with van der Waals surface area (Å²) >= 11 is 0. The van der Waals surface area contributed by atoms with Crippen LogP contribution in [0.15, 0.2) is 0 Å². The summed E-state index contributed by atoms with van der Waals surface area (Å²) in [5.41, 5.74) is 0. The summed E-state index contributed by atoms with van der Waals surface area (Å²) in [5.74, 6) is 0.153. The van der Waals surface area contributed by atoms with Crippen LogP contribution in [0, 0.1) is 17.8 Å². The summed E-state index contributed by atoms with van der Waals surface area (Å²) in [6.45, 7) is 11.8. The molecule has 8 atom stereocenters. The van der Waals surface area contributed by atoms with E-state index in [1.807, 2.05) is 0 Å². The second-order valence-electron chi connectivity index (χ2n) is 27.1. The maximum Gasteiger partial charge on any atom is 0.472 e. The second-order valence-corrected chi connectivity index (χ2v) is 30.0. The van der Waals surface area contributed by atoms with Crippen LogP contribution in [0.2, 0.25) is 0 Å². The van der Waals surface area contributed by atoms with E-state index in [1.165, 1.54) is 173 Å². The molecule has 0 amide bonds. The van der Waals surface area contributed by atoms with Crippen LogP contribution in [-0.2, 0) is 65.4 Å². The van der Waals surface area contributed by atoms with E-state index in [0.29, 0.717) is 25.7 Å². The molecule has 0 aliphatic rings. The minimum Gasteiger partial charge on any atom is -0.462 e. The van der Waals surface area contributed by atoms with E-state index >= 15 is 0 Å². The van der Waals surface area contributed by atoms with Crippen LogP contribution < -0.4 is 0 Å². The minimum absolute atomic E-state index is 0.104. The number of hydrogen-bond acceptors (Lipinski definition) is 15. The molecule has 0 aromatic heterocycles. The van der Waals surface area contributed by atoms with Gasteiger partial charge in [-0.2, -0.15) is 0 Å². The molecule has 92 heavy (non-hydrogen) atoms. The van der Waals surface area contributed by atoms with Crippen molar-refractivity contribution in [3.8, 4) is 0 Å². The van der Waals surface area contributed by atoms with Crippen LogP contribution in [0.3, 0.4) is 0 Å². The van der Waals surface area contributed by atoms with E-state index in [-0.39, 0.29) is 25.7 Å². The number of aliphatic hydroxyl groups is 1. The van der Waals surface area contributed by atoms with Crippen molar-refractivity contribution in [2.24, 2.45) is 17.8 Å². The number of rotatable bonds is 71. The Bertz CT molecular complexity index is 1810. The van der Waals surface area contributed by atoms with E-state index in [4.69, 9.17) is 37.0 Å². The minimum atomic E-state index is -4.96. The zero-order valence-corrected chi connectivity index (χ0v) is 61.8. The van der Waals surface area contributed by atoms with Gasteiger partial charge in [-0.25, -0.2) is 9.13 Å². The van der Waals surface area contributed by atoms with E-state index in [9.17, 15) is 43.2 Å². The molecule has 0 spiro atoms. The van der Waals surface area contributed by atoms with Crippen molar-refractivity contribution in [3.05, 3.63) is 0 Å². The van der Waals surface area contributed by atoms with E-state index in [0.717, 1.165) is 114 Å². The van der Waals surface area contributed by atoms with Gasteiger partial charge in [-0.15, -0.1) is 0 Å². The molecule has 19 heteroatoms. The molecule has 5 unspecified atom stereocenters.